The number of carbonyl (C=O) groups is 1. The molecule has 3 aliphatic heterocycles. The van der Waals surface area contributed by atoms with Gasteiger partial charge in [0.15, 0.2) is 5.54 Å². The molecule has 37 heavy (non-hydrogen) atoms. The van der Waals surface area contributed by atoms with Crippen molar-refractivity contribution < 1.29 is 14.9 Å². The fraction of sp³-hybridized carbons (Fsp3) is 0.452. The summed E-state index contributed by atoms with van der Waals surface area (Å²) >= 11 is 0. The Morgan fingerprint density at radius 1 is 1.03 bits per heavy atom. The molecule has 0 fully saturated rings. The predicted octanol–water partition coefficient (Wildman–Crippen LogP) is 3.29. The van der Waals surface area contributed by atoms with Crippen molar-refractivity contribution in [2.45, 2.75) is 90.9 Å². The first-order chi connectivity index (χ1) is 17.2. The summed E-state index contributed by atoms with van der Waals surface area (Å²) in [5, 5.41) is 18.1. The molecule has 0 aromatic heterocycles. The molecular formula is C31H40N3O2Si+. The SMILES string of the molecule is CC1=CC(C)(C)Nc2cc3c(cc21)N=c1cc2c(cc1[Si]3(CCCC(=O)O)C(C)C)=[NH+]C(C)(C)C=C2C. The highest BCUT2D eigenvalue weighted by molar-refractivity contribution is 7.04. The second-order valence-electron chi connectivity index (χ2n) is 12.7. The number of benzene rings is 2. The highest BCUT2D eigenvalue weighted by Gasteiger charge is 2.46. The molecule has 0 saturated heterocycles. The van der Waals surface area contributed by atoms with Gasteiger partial charge in [-0.1, -0.05) is 19.9 Å². The zero-order valence-corrected chi connectivity index (χ0v) is 24.5. The number of hydrogen-bond acceptors (Lipinski definition) is 3. The Bertz CT molecular complexity index is 1510. The Morgan fingerprint density at radius 2 is 1.73 bits per heavy atom. The lowest BCUT2D eigenvalue weighted by Crippen LogP contribution is -2.89. The molecule has 3 N–H and O–H groups in total. The molecule has 5 rings (SSSR count). The first-order valence-corrected chi connectivity index (χ1v) is 15.8. The Morgan fingerprint density at radius 3 is 2.41 bits per heavy atom. The lowest BCUT2D eigenvalue weighted by Gasteiger charge is -2.41. The third kappa shape index (κ3) is 4.29. The summed E-state index contributed by atoms with van der Waals surface area (Å²) in [6.07, 6.45) is 5.44. The fourth-order valence-electron chi connectivity index (χ4n) is 6.91. The van der Waals surface area contributed by atoms with Gasteiger partial charge in [-0.2, -0.15) is 0 Å². The van der Waals surface area contributed by atoms with Crippen molar-refractivity contribution in [1.82, 2.24) is 0 Å². The molecule has 2 aromatic rings. The highest BCUT2D eigenvalue weighted by atomic mass is 28.3. The van der Waals surface area contributed by atoms with E-state index in [1.165, 1.54) is 32.6 Å². The van der Waals surface area contributed by atoms with Crippen LogP contribution >= 0.6 is 0 Å². The third-order valence-electron chi connectivity index (χ3n) is 8.34. The van der Waals surface area contributed by atoms with Crippen LogP contribution in [-0.4, -0.2) is 30.2 Å². The summed E-state index contributed by atoms with van der Waals surface area (Å²) < 4.78 is 0. The first-order valence-electron chi connectivity index (χ1n) is 13.5. The monoisotopic (exact) mass is 514 g/mol. The number of fused-ring (bicyclic) bond motifs is 4. The Balaban J connectivity index is 1.84. The minimum Gasteiger partial charge on any atom is -0.481 e. The van der Waals surface area contributed by atoms with Gasteiger partial charge in [0.25, 0.3) is 0 Å². The third-order valence-corrected chi connectivity index (χ3v) is 14.2. The van der Waals surface area contributed by atoms with E-state index in [0.29, 0.717) is 12.0 Å². The van der Waals surface area contributed by atoms with Crippen molar-refractivity contribution >= 4 is 46.9 Å². The molecule has 3 heterocycles. The van der Waals surface area contributed by atoms with Crippen LogP contribution in [0.5, 0.6) is 0 Å². The van der Waals surface area contributed by atoms with Crippen LogP contribution in [0.4, 0.5) is 11.4 Å². The van der Waals surface area contributed by atoms with E-state index in [-0.39, 0.29) is 17.5 Å². The molecule has 194 valence electrons. The van der Waals surface area contributed by atoms with Gasteiger partial charge in [0, 0.05) is 37.6 Å². The number of carboxylic acid groups (broad SMARTS) is 1. The second kappa shape index (κ2) is 8.52. The molecule has 5 nitrogen and oxygen atoms in total. The van der Waals surface area contributed by atoms with E-state index >= 15 is 0 Å². The second-order valence-corrected chi connectivity index (χ2v) is 17.3. The topological polar surface area (TPSA) is 75.7 Å². The van der Waals surface area contributed by atoms with Gasteiger partial charge in [-0.15, -0.1) is 0 Å². The average molecular weight is 515 g/mol. The lowest BCUT2D eigenvalue weighted by molar-refractivity contribution is -0.568. The summed E-state index contributed by atoms with van der Waals surface area (Å²) in [6, 6.07) is 10.2. The molecule has 0 amide bonds. The largest absolute Gasteiger partial charge is 0.481 e. The molecule has 0 radical (unpaired) electrons. The summed E-state index contributed by atoms with van der Waals surface area (Å²) in [6.45, 7) is 17.8. The van der Waals surface area contributed by atoms with E-state index in [4.69, 9.17) is 4.99 Å². The number of nitrogens with zero attached hydrogens (tertiary/aromatic N) is 1. The number of rotatable bonds is 5. The van der Waals surface area contributed by atoms with E-state index in [2.05, 4.69) is 102 Å². The van der Waals surface area contributed by atoms with Gasteiger partial charge in [-0.3, -0.25) is 4.79 Å². The Kier molecular flexibility index (Phi) is 5.90. The molecule has 0 saturated carbocycles. The average Bonchev–Trinajstić information content (AvgIpc) is 2.75. The molecule has 0 bridgehead atoms. The van der Waals surface area contributed by atoms with Crippen LogP contribution in [0, 0.1) is 0 Å². The predicted molar refractivity (Wildman–Crippen MR) is 154 cm³/mol. The van der Waals surface area contributed by atoms with Crippen LogP contribution in [0.1, 0.15) is 79.4 Å². The van der Waals surface area contributed by atoms with Crippen molar-refractivity contribution in [3.63, 3.8) is 0 Å². The van der Waals surface area contributed by atoms with Crippen molar-refractivity contribution in [1.29, 1.82) is 0 Å². The quantitative estimate of drug-likeness (QED) is 0.536. The minimum absolute atomic E-state index is 0.126. The molecule has 0 spiro atoms. The van der Waals surface area contributed by atoms with E-state index in [9.17, 15) is 9.90 Å². The van der Waals surface area contributed by atoms with E-state index < -0.39 is 14.0 Å². The normalized spacial score (nSPS) is 22.2. The van der Waals surface area contributed by atoms with E-state index in [1.807, 2.05) is 0 Å². The zero-order chi connectivity index (χ0) is 26.9. The van der Waals surface area contributed by atoms with Crippen LogP contribution in [-0.2, 0) is 4.79 Å². The lowest BCUT2D eigenvalue weighted by atomic mass is 9.91. The molecule has 3 aliphatic rings. The van der Waals surface area contributed by atoms with Gasteiger partial charge >= 0.3 is 5.97 Å². The summed E-state index contributed by atoms with van der Waals surface area (Å²) in [7, 11) is -2.40. The summed E-state index contributed by atoms with van der Waals surface area (Å²) in [4.78, 5) is 20.6. The van der Waals surface area contributed by atoms with E-state index in [1.54, 1.807) is 0 Å². The summed E-state index contributed by atoms with van der Waals surface area (Å²) in [5.41, 5.74) is 7.29. The number of allylic oxidation sites excluding steroid dienone is 2. The van der Waals surface area contributed by atoms with Crippen molar-refractivity contribution in [2.24, 2.45) is 4.99 Å². The van der Waals surface area contributed by atoms with Gasteiger partial charge in [0.2, 0.25) is 5.36 Å². The van der Waals surface area contributed by atoms with Crippen LogP contribution < -0.4 is 31.4 Å². The van der Waals surface area contributed by atoms with Crippen LogP contribution in [0.2, 0.25) is 11.6 Å². The van der Waals surface area contributed by atoms with Gasteiger partial charge in [0.1, 0.15) is 8.07 Å². The highest BCUT2D eigenvalue weighted by Crippen LogP contribution is 2.39. The Hall–Kier alpha value is -2.99. The van der Waals surface area contributed by atoms with Gasteiger partial charge in [-0.25, -0.2) is 9.98 Å². The van der Waals surface area contributed by atoms with Crippen molar-refractivity contribution in [3.8, 4) is 0 Å². The van der Waals surface area contributed by atoms with Crippen LogP contribution in [0.3, 0.4) is 0 Å². The van der Waals surface area contributed by atoms with E-state index in [0.717, 1.165) is 28.1 Å². The summed E-state index contributed by atoms with van der Waals surface area (Å²) in [5.74, 6) is -0.724. The number of nitrogens with one attached hydrogen (secondary N) is 2. The first kappa shape index (κ1) is 25.6. The molecular weight excluding hydrogens is 474 g/mol. The van der Waals surface area contributed by atoms with Crippen molar-refractivity contribution in [3.05, 3.63) is 58.3 Å². The molecule has 0 aliphatic carbocycles. The van der Waals surface area contributed by atoms with Crippen molar-refractivity contribution in [2.75, 3.05) is 5.32 Å². The Labute approximate surface area is 221 Å². The number of carboxylic acids is 1. The molecule has 6 heteroatoms. The number of aliphatic carboxylic acids is 1. The number of anilines is 1. The maximum Gasteiger partial charge on any atom is 0.303 e. The van der Waals surface area contributed by atoms with Gasteiger partial charge < -0.3 is 10.4 Å². The molecule has 2 aromatic carbocycles. The smallest absolute Gasteiger partial charge is 0.303 e. The number of hydrogen-bond donors (Lipinski definition) is 3. The van der Waals surface area contributed by atoms with Crippen LogP contribution in [0.25, 0.3) is 11.1 Å². The van der Waals surface area contributed by atoms with Gasteiger partial charge in [-0.05, 0) is 91.5 Å². The fourth-order valence-corrected chi connectivity index (χ4v) is 12.3. The zero-order valence-electron chi connectivity index (χ0n) is 23.5. The maximum absolute atomic E-state index is 11.6. The maximum atomic E-state index is 11.6. The van der Waals surface area contributed by atoms with Crippen LogP contribution in [0.15, 0.2) is 41.4 Å². The molecule has 1 atom stereocenters. The molecule has 1 unspecified atom stereocenters. The minimum atomic E-state index is -2.40. The van der Waals surface area contributed by atoms with Gasteiger partial charge in [0.05, 0.1) is 22.1 Å². The standard InChI is InChI=1S/C31H39N3O2Si/c1-18(2)37(11-9-10-29(35)36)27-14-23-21(19(3)16-30(5,6)33-23)12-25(27)32-26-13-22-20(4)17-31(7,8)34-24(22)15-28(26)37/h12-18,33H,9-11H2,1-8H3,(H,35,36)/p+1.